The van der Waals surface area contributed by atoms with Crippen LogP contribution >= 0.6 is 22.7 Å². The summed E-state index contributed by atoms with van der Waals surface area (Å²) in [6.07, 6.45) is 0. The van der Waals surface area contributed by atoms with E-state index in [1.165, 1.54) is 28.0 Å². The van der Waals surface area contributed by atoms with Crippen molar-refractivity contribution in [3.8, 4) is 11.3 Å². The van der Waals surface area contributed by atoms with Crippen LogP contribution in [0.2, 0.25) is 0 Å². The first kappa shape index (κ1) is 18.8. The molecule has 0 unspecified atom stereocenters. The van der Waals surface area contributed by atoms with Crippen LogP contribution in [0.1, 0.15) is 0 Å². The van der Waals surface area contributed by atoms with Crippen molar-refractivity contribution in [1.82, 2.24) is 15.0 Å². The van der Waals surface area contributed by atoms with Gasteiger partial charge in [0.15, 0.2) is 0 Å². The molecule has 11 heteroatoms. The van der Waals surface area contributed by atoms with Crippen molar-refractivity contribution in [2.24, 2.45) is 0 Å². The molecule has 0 fully saturated rings. The van der Waals surface area contributed by atoms with E-state index in [9.17, 15) is 19.7 Å². The van der Waals surface area contributed by atoms with Gasteiger partial charge in [-0.25, -0.2) is 4.98 Å². The highest BCUT2D eigenvalue weighted by molar-refractivity contribution is 7.16. The van der Waals surface area contributed by atoms with Crippen LogP contribution in [0.5, 0.6) is 0 Å². The summed E-state index contributed by atoms with van der Waals surface area (Å²) in [4.78, 5) is 38.8. The maximum Gasteiger partial charge on any atom is 0.308 e. The molecule has 0 radical (unpaired) electrons. The number of para-hydroxylation sites is 1. The number of aromatic nitrogens is 2. The Morgan fingerprint density at radius 2 is 1.93 bits per heavy atom. The maximum atomic E-state index is 12.2. The molecule has 0 bridgehead atoms. The van der Waals surface area contributed by atoms with E-state index in [2.05, 4.69) is 15.8 Å². The molecule has 29 heavy (non-hydrogen) atoms. The van der Waals surface area contributed by atoms with Crippen LogP contribution < -0.4 is 15.7 Å². The summed E-state index contributed by atoms with van der Waals surface area (Å²) in [7, 11) is 0. The van der Waals surface area contributed by atoms with E-state index in [-0.39, 0.29) is 23.0 Å². The molecule has 2 heterocycles. The van der Waals surface area contributed by atoms with Crippen molar-refractivity contribution < 1.29 is 9.72 Å². The molecule has 4 aromatic rings. The van der Waals surface area contributed by atoms with Gasteiger partial charge in [0, 0.05) is 23.1 Å². The Balaban J connectivity index is 1.40. The van der Waals surface area contributed by atoms with Gasteiger partial charge in [-0.1, -0.05) is 23.5 Å². The number of hydrazine groups is 1. The molecule has 2 aromatic carbocycles. The van der Waals surface area contributed by atoms with E-state index < -0.39 is 4.92 Å². The summed E-state index contributed by atoms with van der Waals surface area (Å²) in [5.74, 6) is -0.386. The minimum atomic E-state index is -0.463. The smallest absolute Gasteiger partial charge is 0.289 e. The average Bonchev–Trinajstić information content (AvgIpc) is 3.31. The van der Waals surface area contributed by atoms with Crippen LogP contribution in [-0.2, 0) is 11.3 Å². The van der Waals surface area contributed by atoms with Crippen molar-refractivity contribution in [2.45, 2.75) is 6.54 Å². The Hall–Kier alpha value is -3.57. The molecule has 9 nitrogen and oxygen atoms in total. The molecule has 0 atom stereocenters. The van der Waals surface area contributed by atoms with E-state index in [0.717, 1.165) is 21.6 Å². The third-order valence-corrected chi connectivity index (χ3v) is 5.78. The van der Waals surface area contributed by atoms with Gasteiger partial charge in [-0.05, 0) is 24.3 Å². The summed E-state index contributed by atoms with van der Waals surface area (Å²) in [5.41, 5.74) is 7.34. The van der Waals surface area contributed by atoms with Crippen molar-refractivity contribution in [1.29, 1.82) is 0 Å². The molecule has 146 valence electrons. The fourth-order valence-corrected chi connectivity index (χ4v) is 4.25. The number of thiazole rings is 2. The first-order valence-corrected chi connectivity index (χ1v) is 10.0. The lowest BCUT2D eigenvalue weighted by Gasteiger charge is -2.06. The largest absolute Gasteiger partial charge is 0.308 e. The number of carbonyl (C=O) groups excluding carboxylic acids is 1. The molecule has 0 saturated carbocycles. The molecule has 0 spiro atoms. The summed E-state index contributed by atoms with van der Waals surface area (Å²) in [5, 5.41) is 13.0. The minimum Gasteiger partial charge on any atom is -0.289 e. The topological polar surface area (TPSA) is 119 Å². The molecule has 2 aromatic heterocycles. The van der Waals surface area contributed by atoms with Crippen LogP contribution in [0.15, 0.2) is 58.7 Å². The summed E-state index contributed by atoms with van der Waals surface area (Å²) in [6.45, 7) is -0.115. The van der Waals surface area contributed by atoms with Gasteiger partial charge in [0.25, 0.3) is 11.6 Å². The number of hydrogen-bond acceptors (Lipinski definition) is 8. The normalized spacial score (nSPS) is 10.8. The second kappa shape index (κ2) is 7.81. The molecule has 4 rings (SSSR count). The van der Waals surface area contributed by atoms with Gasteiger partial charge in [0.05, 0.1) is 20.8 Å². The van der Waals surface area contributed by atoms with Crippen molar-refractivity contribution in [3.63, 3.8) is 0 Å². The lowest BCUT2D eigenvalue weighted by Crippen LogP contribution is -2.34. The fraction of sp³-hybridized carbons (Fsp3) is 0.0556. The monoisotopic (exact) mass is 427 g/mol. The Bertz CT molecular complexity index is 1260. The predicted molar refractivity (Wildman–Crippen MR) is 112 cm³/mol. The Kier molecular flexibility index (Phi) is 5.06. The molecule has 0 aliphatic heterocycles. The summed E-state index contributed by atoms with van der Waals surface area (Å²) >= 11 is 2.37. The van der Waals surface area contributed by atoms with Crippen molar-refractivity contribution >= 4 is 49.6 Å². The number of amides is 1. The number of fused-ring (bicyclic) bond motifs is 1. The first-order chi connectivity index (χ1) is 14.0. The van der Waals surface area contributed by atoms with E-state index >= 15 is 0 Å². The summed E-state index contributed by atoms with van der Waals surface area (Å²) in [6, 6.07) is 13.3. The molecule has 1 amide bonds. The van der Waals surface area contributed by atoms with Crippen LogP contribution in [0.3, 0.4) is 0 Å². The number of nitro benzene ring substituents is 1. The van der Waals surface area contributed by atoms with Crippen LogP contribution in [0, 0.1) is 10.1 Å². The molecule has 2 N–H and O–H groups in total. The average molecular weight is 427 g/mol. The predicted octanol–water partition coefficient (Wildman–Crippen LogP) is 3.24. The first-order valence-electron chi connectivity index (χ1n) is 8.35. The number of benzene rings is 2. The standard InChI is InChI=1S/C18H13N5O4S2/c24-16(9-22-14-3-1-2-4-15(14)29-18(22)25)20-21-17-19-13(10-28-17)11-5-7-12(8-6-11)23(26)27/h1-8,10H,9H2,(H,19,21)(H,20,24). The van der Waals surface area contributed by atoms with Crippen LogP contribution in [0.4, 0.5) is 10.8 Å². The second-order valence-electron chi connectivity index (χ2n) is 5.94. The highest BCUT2D eigenvalue weighted by atomic mass is 32.1. The number of rotatable bonds is 6. The van der Waals surface area contributed by atoms with E-state index in [1.807, 2.05) is 18.2 Å². The third-order valence-electron chi connectivity index (χ3n) is 4.06. The summed E-state index contributed by atoms with van der Waals surface area (Å²) < 4.78 is 2.24. The lowest BCUT2D eigenvalue weighted by molar-refractivity contribution is -0.384. The Morgan fingerprint density at radius 3 is 2.69 bits per heavy atom. The van der Waals surface area contributed by atoms with E-state index in [4.69, 9.17) is 0 Å². The van der Waals surface area contributed by atoms with Crippen LogP contribution in [-0.4, -0.2) is 20.4 Å². The number of nitrogens with zero attached hydrogens (tertiary/aromatic N) is 3. The van der Waals surface area contributed by atoms with E-state index in [1.54, 1.807) is 23.6 Å². The highest BCUT2D eigenvalue weighted by Crippen LogP contribution is 2.26. The van der Waals surface area contributed by atoms with Gasteiger partial charge in [0.2, 0.25) is 5.13 Å². The Morgan fingerprint density at radius 1 is 1.17 bits per heavy atom. The zero-order valence-electron chi connectivity index (χ0n) is 14.7. The number of anilines is 1. The molecular weight excluding hydrogens is 414 g/mol. The number of carbonyl (C=O) groups is 1. The lowest BCUT2D eigenvalue weighted by atomic mass is 10.1. The SMILES string of the molecule is O=C(Cn1c(=O)sc2ccccc21)NNc1nc(-c2ccc([N+](=O)[O-])cc2)cs1. The van der Waals surface area contributed by atoms with Crippen molar-refractivity contribution in [3.05, 3.63) is 73.7 Å². The third kappa shape index (κ3) is 4.00. The quantitative estimate of drug-likeness (QED) is 0.360. The van der Waals surface area contributed by atoms with Crippen LogP contribution in [0.25, 0.3) is 21.5 Å². The van der Waals surface area contributed by atoms with E-state index in [0.29, 0.717) is 16.3 Å². The fourth-order valence-electron chi connectivity index (χ4n) is 2.69. The highest BCUT2D eigenvalue weighted by Gasteiger charge is 2.12. The molecule has 0 saturated heterocycles. The van der Waals surface area contributed by atoms with Crippen molar-refractivity contribution in [2.75, 3.05) is 5.43 Å². The number of nitro groups is 1. The molecule has 0 aliphatic rings. The Labute approximate surface area is 171 Å². The number of nitrogens with one attached hydrogen (secondary N) is 2. The second-order valence-corrected chi connectivity index (χ2v) is 7.79. The van der Waals surface area contributed by atoms with Gasteiger partial charge >= 0.3 is 4.87 Å². The minimum absolute atomic E-state index is 0.00536. The van der Waals surface area contributed by atoms with Gasteiger partial charge < -0.3 is 0 Å². The zero-order chi connectivity index (χ0) is 20.4. The zero-order valence-corrected chi connectivity index (χ0v) is 16.3. The van der Waals surface area contributed by atoms with Gasteiger partial charge in [0.1, 0.15) is 6.54 Å². The number of non-ortho nitro benzene ring substituents is 1. The van der Waals surface area contributed by atoms with Gasteiger partial charge in [-0.2, -0.15) is 0 Å². The van der Waals surface area contributed by atoms with Gasteiger partial charge in [-0.3, -0.25) is 35.1 Å². The number of hydrogen-bond donors (Lipinski definition) is 2. The molecule has 0 aliphatic carbocycles. The van der Waals surface area contributed by atoms with Gasteiger partial charge in [-0.15, -0.1) is 11.3 Å². The molecular formula is C18H13N5O4S2. The maximum absolute atomic E-state index is 12.2.